The van der Waals surface area contributed by atoms with Gasteiger partial charge in [-0.25, -0.2) is 8.42 Å². The zero-order valence-electron chi connectivity index (χ0n) is 13.9. The van der Waals surface area contributed by atoms with Crippen LogP contribution in [0.25, 0.3) is 10.8 Å². The molecule has 1 aromatic heterocycles. The monoisotopic (exact) mass is 345 g/mol. The van der Waals surface area contributed by atoms with Crippen LogP contribution in [0.5, 0.6) is 0 Å². The summed E-state index contributed by atoms with van der Waals surface area (Å²) in [5.41, 5.74) is 0.904. The molecule has 2 aromatic rings. The van der Waals surface area contributed by atoms with Gasteiger partial charge in [0, 0.05) is 42.3 Å². The normalized spacial score (nSPS) is 25.5. The summed E-state index contributed by atoms with van der Waals surface area (Å²) in [4.78, 5) is 4.60. The fourth-order valence-electron chi connectivity index (χ4n) is 4.16. The number of rotatable bonds is 2. The molecule has 2 unspecified atom stereocenters. The third-order valence-corrected chi connectivity index (χ3v) is 7.31. The van der Waals surface area contributed by atoms with Gasteiger partial charge in [-0.3, -0.25) is 4.98 Å². The first kappa shape index (κ1) is 16.0. The van der Waals surface area contributed by atoms with Gasteiger partial charge < -0.3 is 5.32 Å². The lowest BCUT2D eigenvalue weighted by molar-refractivity contribution is 0.171. The van der Waals surface area contributed by atoms with Crippen LogP contribution >= 0.6 is 0 Å². The van der Waals surface area contributed by atoms with Gasteiger partial charge in [0.05, 0.1) is 4.90 Å². The minimum absolute atomic E-state index is 0.419. The molecule has 4 rings (SSSR count). The molecule has 0 amide bonds. The zero-order chi connectivity index (χ0) is 16.7. The summed E-state index contributed by atoms with van der Waals surface area (Å²) in [5, 5.41) is 5.22. The summed E-state index contributed by atoms with van der Waals surface area (Å²) in [6.07, 6.45) is 6.61. The first-order valence-corrected chi connectivity index (χ1v) is 10.1. The molecule has 0 spiro atoms. The average molecular weight is 345 g/mol. The highest BCUT2D eigenvalue weighted by molar-refractivity contribution is 7.89. The van der Waals surface area contributed by atoms with Crippen LogP contribution in [0.2, 0.25) is 0 Å². The van der Waals surface area contributed by atoms with E-state index in [0.29, 0.717) is 29.9 Å². The number of nitrogens with zero attached hydrogens (tertiary/aromatic N) is 2. The second kappa shape index (κ2) is 6.10. The number of fused-ring (bicyclic) bond motifs is 2. The second-order valence-corrected chi connectivity index (χ2v) is 8.83. The lowest BCUT2D eigenvalue weighted by Crippen LogP contribution is -2.53. The summed E-state index contributed by atoms with van der Waals surface area (Å²) in [6, 6.07) is 5.94. The minimum atomic E-state index is -3.48. The molecule has 6 heteroatoms. The van der Waals surface area contributed by atoms with E-state index < -0.39 is 10.0 Å². The maximum Gasteiger partial charge on any atom is 0.243 e. The number of pyridine rings is 1. The highest BCUT2D eigenvalue weighted by Crippen LogP contribution is 2.32. The average Bonchev–Trinajstić information content (AvgIpc) is 2.61. The van der Waals surface area contributed by atoms with Crippen molar-refractivity contribution < 1.29 is 8.42 Å². The summed E-state index contributed by atoms with van der Waals surface area (Å²) >= 11 is 0. The molecule has 1 N–H and O–H groups in total. The van der Waals surface area contributed by atoms with E-state index in [1.165, 1.54) is 0 Å². The molecule has 0 bridgehead atoms. The van der Waals surface area contributed by atoms with Gasteiger partial charge in [0.15, 0.2) is 0 Å². The molecular formula is C18H23N3O2S. The topological polar surface area (TPSA) is 62.3 Å². The Bertz CT molecular complexity index is 860. The molecule has 2 aliphatic heterocycles. The maximum atomic E-state index is 13.3. The van der Waals surface area contributed by atoms with E-state index >= 15 is 0 Å². The fraction of sp³-hybridized carbons (Fsp3) is 0.500. The Hall–Kier alpha value is -1.50. The van der Waals surface area contributed by atoms with Crippen LogP contribution in [0.15, 0.2) is 35.5 Å². The number of sulfonamides is 1. The van der Waals surface area contributed by atoms with Crippen molar-refractivity contribution in [2.45, 2.75) is 37.1 Å². The number of hydrogen-bond acceptors (Lipinski definition) is 4. The minimum Gasteiger partial charge on any atom is -0.314 e. The highest BCUT2D eigenvalue weighted by Gasteiger charge is 2.37. The molecule has 3 heterocycles. The standard InChI is InChI=1S/C18H23N3O2S/c1-13-10-19-11-14-4-2-6-17(18(13)14)24(22,23)21-9-7-16-15(12-21)5-3-8-20-16/h2,4,6,10-11,15-16,20H,3,5,7-9,12H2,1H3. The fourth-order valence-corrected chi connectivity index (χ4v) is 5.95. The smallest absolute Gasteiger partial charge is 0.243 e. The van der Waals surface area contributed by atoms with Crippen molar-refractivity contribution in [1.29, 1.82) is 0 Å². The Morgan fingerprint density at radius 1 is 1.25 bits per heavy atom. The number of nitrogens with one attached hydrogen (secondary N) is 1. The van der Waals surface area contributed by atoms with Crippen molar-refractivity contribution in [3.8, 4) is 0 Å². The predicted octanol–water partition coefficient (Wildman–Crippen LogP) is 2.31. The molecule has 0 saturated carbocycles. The largest absolute Gasteiger partial charge is 0.314 e. The van der Waals surface area contributed by atoms with E-state index in [0.717, 1.165) is 42.1 Å². The van der Waals surface area contributed by atoms with Crippen LogP contribution in [0.4, 0.5) is 0 Å². The van der Waals surface area contributed by atoms with Gasteiger partial charge in [0.2, 0.25) is 10.0 Å². The number of benzene rings is 1. The van der Waals surface area contributed by atoms with E-state index in [2.05, 4.69) is 10.3 Å². The van der Waals surface area contributed by atoms with Gasteiger partial charge in [0.1, 0.15) is 0 Å². The van der Waals surface area contributed by atoms with E-state index in [4.69, 9.17) is 0 Å². The molecule has 5 nitrogen and oxygen atoms in total. The third kappa shape index (κ3) is 2.62. The number of aromatic nitrogens is 1. The molecular weight excluding hydrogens is 322 g/mol. The predicted molar refractivity (Wildman–Crippen MR) is 94.4 cm³/mol. The molecule has 0 radical (unpaired) electrons. The van der Waals surface area contributed by atoms with Gasteiger partial charge >= 0.3 is 0 Å². The van der Waals surface area contributed by atoms with Gasteiger partial charge in [-0.15, -0.1) is 0 Å². The second-order valence-electron chi connectivity index (χ2n) is 6.93. The molecule has 2 atom stereocenters. The Labute approximate surface area is 143 Å². The molecule has 128 valence electrons. The third-order valence-electron chi connectivity index (χ3n) is 5.41. The van der Waals surface area contributed by atoms with Gasteiger partial charge in [0.25, 0.3) is 0 Å². The highest BCUT2D eigenvalue weighted by atomic mass is 32.2. The lowest BCUT2D eigenvalue weighted by atomic mass is 9.86. The van der Waals surface area contributed by atoms with Crippen LogP contribution in [0, 0.1) is 12.8 Å². The van der Waals surface area contributed by atoms with Crippen molar-refractivity contribution >= 4 is 20.8 Å². The quantitative estimate of drug-likeness (QED) is 0.907. The Kier molecular flexibility index (Phi) is 4.06. The van der Waals surface area contributed by atoms with Gasteiger partial charge in [-0.05, 0) is 50.3 Å². The molecule has 0 aliphatic carbocycles. The first-order chi connectivity index (χ1) is 11.6. The summed E-state index contributed by atoms with van der Waals surface area (Å²) in [5.74, 6) is 0.431. The van der Waals surface area contributed by atoms with Crippen LogP contribution in [-0.2, 0) is 10.0 Å². The molecule has 2 fully saturated rings. The summed E-state index contributed by atoms with van der Waals surface area (Å²) in [6.45, 7) is 4.20. The summed E-state index contributed by atoms with van der Waals surface area (Å²) in [7, 11) is -3.48. The van der Waals surface area contributed by atoms with Gasteiger partial charge in [-0.1, -0.05) is 12.1 Å². The molecule has 24 heavy (non-hydrogen) atoms. The molecule has 1 aromatic carbocycles. The van der Waals surface area contributed by atoms with Crippen LogP contribution in [0.1, 0.15) is 24.8 Å². The van der Waals surface area contributed by atoms with Crippen LogP contribution in [-0.4, -0.2) is 43.4 Å². The van der Waals surface area contributed by atoms with Gasteiger partial charge in [-0.2, -0.15) is 4.31 Å². The van der Waals surface area contributed by atoms with Crippen molar-refractivity contribution in [3.05, 3.63) is 36.2 Å². The number of aryl methyl sites for hydroxylation is 1. The SMILES string of the molecule is Cc1cncc2cccc(S(=O)(=O)N3CCC4NCCCC4C3)c12. The number of hydrogen-bond donors (Lipinski definition) is 1. The van der Waals surface area contributed by atoms with Crippen molar-refractivity contribution in [1.82, 2.24) is 14.6 Å². The van der Waals surface area contributed by atoms with Crippen molar-refractivity contribution in [2.24, 2.45) is 5.92 Å². The first-order valence-electron chi connectivity index (χ1n) is 8.64. The van der Waals surface area contributed by atoms with Crippen molar-refractivity contribution in [3.63, 3.8) is 0 Å². The van der Waals surface area contributed by atoms with Crippen LogP contribution < -0.4 is 5.32 Å². The van der Waals surface area contributed by atoms with E-state index in [-0.39, 0.29) is 0 Å². The van der Waals surface area contributed by atoms with Crippen molar-refractivity contribution in [2.75, 3.05) is 19.6 Å². The Morgan fingerprint density at radius 2 is 2.12 bits per heavy atom. The van der Waals surface area contributed by atoms with E-state index in [1.54, 1.807) is 22.8 Å². The Balaban J connectivity index is 1.73. The number of piperidine rings is 2. The van der Waals surface area contributed by atoms with Crippen LogP contribution in [0.3, 0.4) is 0 Å². The Morgan fingerprint density at radius 3 is 3.00 bits per heavy atom. The zero-order valence-corrected chi connectivity index (χ0v) is 14.7. The maximum absolute atomic E-state index is 13.3. The van der Waals surface area contributed by atoms with E-state index in [9.17, 15) is 8.42 Å². The van der Waals surface area contributed by atoms with E-state index in [1.807, 2.05) is 19.1 Å². The molecule has 2 aliphatic rings. The molecule has 2 saturated heterocycles. The lowest BCUT2D eigenvalue weighted by Gasteiger charge is -2.41. The summed E-state index contributed by atoms with van der Waals surface area (Å²) < 4.78 is 28.3.